The van der Waals surface area contributed by atoms with Gasteiger partial charge in [-0.25, -0.2) is 5.48 Å². The molecule has 0 aliphatic carbocycles. The molecule has 1 fully saturated rings. The molecule has 3 heteroatoms. The summed E-state index contributed by atoms with van der Waals surface area (Å²) in [6.07, 6.45) is 6.60. The molecule has 0 aromatic carbocycles. The smallest absolute Gasteiger partial charge is 0.0783 e. The average molecular weight is 229 g/mol. The van der Waals surface area contributed by atoms with Crippen molar-refractivity contribution in [2.24, 2.45) is 0 Å². The first-order valence-electron chi connectivity index (χ1n) is 6.70. The van der Waals surface area contributed by atoms with Gasteiger partial charge in [0.2, 0.25) is 0 Å². The van der Waals surface area contributed by atoms with Gasteiger partial charge in [-0.15, -0.1) is 0 Å². The fourth-order valence-corrected chi connectivity index (χ4v) is 7.32. The van der Waals surface area contributed by atoms with Crippen LogP contribution in [-0.2, 0) is 4.84 Å². The van der Waals surface area contributed by atoms with Crippen LogP contribution >= 0.6 is 0 Å². The zero-order chi connectivity index (χ0) is 11.1. The van der Waals surface area contributed by atoms with Gasteiger partial charge in [0.05, 0.1) is 14.0 Å². The third-order valence-electron chi connectivity index (χ3n) is 3.63. The molecule has 1 saturated heterocycles. The van der Waals surface area contributed by atoms with E-state index < -0.39 is 8.80 Å². The molecule has 1 aliphatic rings. The van der Waals surface area contributed by atoms with Gasteiger partial charge in [-0.1, -0.05) is 52.1 Å². The van der Waals surface area contributed by atoms with Crippen LogP contribution in [0.15, 0.2) is 0 Å². The van der Waals surface area contributed by atoms with Crippen molar-refractivity contribution < 1.29 is 4.84 Å². The van der Waals surface area contributed by atoms with Gasteiger partial charge in [-0.2, -0.15) is 0 Å². The summed E-state index contributed by atoms with van der Waals surface area (Å²) in [4.78, 5) is 6.06. The molecule has 1 heterocycles. The lowest BCUT2D eigenvalue weighted by Crippen LogP contribution is -2.47. The summed E-state index contributed by atoms with van der Waals surface area (Å²) in [6, 6.07) is 2.96. The normalized spacial score (nSPS) is 31.0. The highest BCUT2D eigenvalue weighted by molar-refractivity contribution is 6.62. The van der Waals surface area contributed by atoms with Crippen LogP contribution in [0.3, 0.4) is 0 Å². The van der Waals surface area contributed by atoms with E-state index in [0.717, 1.165) is 6.54 Å². The standard InChI is InChI=1S/C12H27NOSi/c1-4-8-12(14-13-6-3)9-7-11-15(12)10-5-2/h13,15H,4-11H2,1-3H3. The van der Waals surface area contributed by atoms with Gasteiger partial charge < -0.3 is 0 Å². The Bertz CT molecular complexity index is 177. The SMILES string of the molecule is CCC[SiH]1CCCC1(CCC)ONCC. The van der Waals surface area contributed by atoms with Crippen LogP contribution in [0.25, 0.3) is 0 Å². The van der Waals surface area contributed by atoms with Crippen molar-refractivity contribution in [3.8, 4) is 0 Å². The Morgan fingerprint density at radius 3 is 2.67 bits per heavy atom. The Morgan fingerprint density at radius 1 is 1.27 bits per heavy atom. The molecule has 1 N–H and O–H groups in total. The third kappa shape index (κ3) is 3.30. The molecule has 0 saturated carbocycles. The molecule has 1 aliphatic heterocycles. The summed E-state index contributed by atoms with van der Waals surface area (Å²) < 4.78 is 0. The van der Waals surface area contributed by atoms with Crippen molar-refractivity contribution >= 4 is 8.80 Å². The quantitative estimate of drug-likeness (QED) is 0.535. The second-order valence-electron chi connectivity index (χ2n) is 4.79. The van der Waals surface area contributed by atoms with Crippen molar-refractivity contribution in [3.05, 3.63) is 0 Å². The molecule has 0 amide bonds. The van der Waals surface area contributed by atoms with E-state index in [1.807, 2.05) is 0 Å². The zero-order valence-electron chi connectivity index (χ0n) is 10.6. The van der Waals surface area contributed by atoms with E-state index in [2.05, 4.69) is 26.3 Å². The summed E-state index contributed by atoms with van der Waals surface area (Å²) in [7, 11) is -0.666. The highest BCUT2D eigenvalue weighted by atomic mass is 28.3. The lowest BCUT2D eigenvalue weighted by molar-refractivity contribution is -0.0608. The molecule has 2 unspecified atom stereocenters. The van der Waals surface area contributed by atoms with E-state index in [-0.39, 0.29) is 0 Å². The first-order chi connectivity index (χ1) is 7.29. The highest BCUT2D eigenvalue weighted by Gasteiger charge is 2.43. The van der Waals surface area contributed by atoms with Crippen LogP contribution in [0.4, 0.5) is 0 Å². The Kier molecular flexibility index (Phi) is 5.86. The second kappa shape index (κ2) is 6.66. The molecule has 0 aromatic rings. The maximum atomic E-state index is 6.06. The summed E-state index contributed by atoms with van der Waals surface area (Å²) in [6.45, 7) is 7.64. The summed E-state index contributed by atoms with van der Waals surface area (Å²) in [5.74, 6) is 0. The maximum Gasteiger partial charge on any atom is 0.0783 e. The Hall–Kier alpha value is 0.137. The molecule has 1 rings (SSSR count). The van der Waals surface area contributed by atoms with Crippen LogP contribution in [0, 0.1) is 0 Å². The minimum absolute atomic E-state index is 0.292. The van der Waals surface area contributed by atoms with Crippen LogP contribution in [0.5, 0.6) is 0 Å². The third-order valence-corrected chi connectivity index (χ3v) is 8.19. The van der Waals surface area contributed by atoms with Crippen LogP contribution in [0.1, 0.15) is 52.9 Å². The molecule has 0 bridgehead atoms. The Labute approximate surface area is 96.3 Å². The lowest BCUT2D eigenvalue weighted by Gasteiger charge is -2.34. The van der Waals surface area contributed by atoms with E-state index in [1.54, 1.807) is 0 Å². The van der Waals surface area contributed by atoms with Gasteiger partial charge in [0, 0.05) is 6.54 Å². The molecular weight excluding hydrogens is 202 g/mol. The molecule has 0 aromatic heterocycles. The monoisotopic (exact) mass is 229 g/mol. The number of hydrogen-bond donors (Lipinski definition) is 1. The van der Waals surface area contributed by atoms with E-state index in [0.29, 0.717) is 5.22 Å². The van der Waals surface area contributed by atoms with E-state index in [1.165, 1.54) is 44.2 Å². The van der Waals surface area contributed by atoms with Crippen molar-refractivity contribution in [3.63, 3.8) is 0 Å². The van der Waals surface area contributed by atoms with Crippen molar-refractivity contribution in [2.45, 2.75) is 70.2 Å². The predicted octanol–water partition coefficient (Wildman–Crippen LogP) is 3.04. The second-order valence-corrected chi connectivity index (χ2v) is 8.39. The minimum atomic E-state index is -0.666. The topological polar surface area (TPSA) is 21.3 Å². The van der Waals surface area contributed by atoms with Crippen molar-refractivity contribution in [2.75, 3.05) is 6.54 Å². The minimum Gasteiger partial charge on any atom is -0.299 e. The van der Waals surface area contributed by atoms with E-state index >= 15 is 0 Å². The molecule has 15 heavy (non-hydrogen) atoms. The van der Waals surface area contributed by atoms with E-state index in [9.17, 15) is 0 Å². The van der Waals surface area contributed by atoms with Gasteiger partial charge in [0.25, 0.3) is 0 Å². The Balaban J connectivity index is 2.59. The largest absolute Gasteiger partial charge is 0.299 e. The number of rotatable bonds is 7. The molecular formula is C12H27NOSi. The molecule has 0 spiro atoms. The van der Waals surface area contributed by atoms with Gasteiger partial charge >= 0.3 is 0 Å². The molecule has 90 valence electrons. The Morgan fingerprint density at radius 2 is 2.07 bits per heavy atom. The van der Waals surface area contributed by atoms with Crippen LogP contribution < -0.4 is 5.48 Å². The average Bonchev–Trinajstić information content (AvgIpc) is 2.61. The van der Waals surface area contributed by atoms with Crippen LogP contribution in [-0.4, -0.2) is 20.6 Å². The fourth-order valence-electron chi connectivity index (χ4n) is 3.02. The highest BCUT2D eigenvalue weighted by Crippen LogP contribution is 2.38. The van der Waals surface area contributed by atoms with Crippen molar-refractivity contribution in [1.29, 1.82) is 0 Å². The number of nitrogens with one attached hydrogen (secondary N) is 1. The van der Waals surface area contributed by atoms with Gasteiger partial charge in [-0.05, 0) is 12.8 Å². The molecule has 0 radical (unpaired) electrons. The lowest BCUT2D eigenvalue weighted by atomic mass is 10.1. The fraction of sp³-hybridized carbons (Fsp3) is 1.00. The summed E-state index contributed by atoms with van der Waals surface area (Å²) in [5, 5.41) is 0.292. The maximum absolute atomic E-state index is 6.06. The first kappa shape index (κ1) is 13.2. The predicted molar refractivity (Wildman–Crippen MR) is 68.7 cm³/mol. The van der Waals surface area contributed by atoms with Gasteiger partial charge in [0.1, 0.15) is 0 Å². The molecule has 2 nitrogen and oxygen atoms in total. The zero-order valence-corrected chi connectivity index (χ0v) is 11.8. The molecule has 2 atom stereocenters. The number of hydrogen-bond acceptors (Lipinski definition) is 2. The van der Waals surface area contributed by atoms with Gasteiger partial charge in [-0.3, -0.25) is 4.84 Å². The number of hydroxylamine groups is 1. The summed E-state index contributed by atoms with van der Waals surface area (Å²) >= 11 is 0. The van der Waals surface area contributed by atoms with Crippen LogP contribution in [0.2, 0.25) is 12.1 Å². The summed E-state index contributed by atoms with van der Waals surface area (Å²) in [5.41, 5.74) is 3.14. The van der Waals surface area contributed by atoms with E-state index in [4.69, 9.17) is 4.84 Å². The van der Waals surface area contributed by atoms with Crippen molar-refractivity contribution in [1.82, 2.24) is 5.48 Å². The first-order valence-corrected chi connectivity index (χ1v) is 8.91. The van der Waals surface area contributed by atoms with Gasteiger partial charge in [0.15, 0.2) is 0 Å².